The number of halogens is 4. The molecule has 0 saturated heterocycles. The van der Waals surface area contributed by atoms with Crippen LogP contribution in [-0.2, 0) is 4.74 Å². The maximum absolute atomic E-state index is 12.7. The van der Waals surface area contributed by atoms with Gasteiger partial charge in [0.2, 0.25) is 0 Å². The summed E-state index contributed by atoms with van der Waals surface area (Å²) < 4.78 is 36.6. The minimum absolute atomic E-state index is 0.0235. The SMILES string of the molecule is COC(=O)c1nn(-c2cc(Br)ccc2OC(F)F)c2cc(Cl)ncc12. The molecule has 10 heteroatoms. The van der Waals surface area contributed by atoms with E-state index in [2.05, 4.69) is 30.7 Å². The van der Waals surface area contributed by atoms with E-state index < -0.39 is 12.6 Å². The molecule has 0 N–H and O–H groups in total. The van der Waals surface area contributed by atoms with Crippen LogP contribution in [0, 0.1) is 0 Å². The fourth-order valence-electron chi connectivity index (χ4n) is 2.27. The summed E-state index contributed by atoms with van der Waals surface area (Å²) in [7, 11) is 1.21. The van der Waals surface area contributed by atoms with Crippen molar-refractivity contribution in [1.82, 2.24) is 14.8 Å². The Kier molecular flexibility index (Phi) is 4.87. The number of hydrogen-bond acceptors (Lipinski definition) is 5. The summed E-state index contributed by atoms with van der Waals surface area (Å²) in [6.07, 6.45) is 1.36. The van der Waals surface area contributed by atoms with E-state index in [1.807, 2.05) is 0 Å². The van der Waals surface area contributed by atoms with Gasteiger partial charge in [0.15, 0.2) is 11.4 Å². The van der Waals surface area contributed by atoms with E-state index in [-0.39, 0.29) is 22.3 Å². The monoisotopic (exact) mass is 431 g/mol. The molecule has 0 saturated carbocycles. The van der Waals surface area contributed by atoms with Crippen molar-refractivity contribution in [3.05, 3.63) is 45.8 Å². The Hall–Kier alpha value is -2.26. The number of ether oxygens (including phenoxy) is 2. The Morgan fingerprint density at radius 2 is 2.12 bits per heavy atom. The van der Waals surface area contributed by atoms with Crippen molar-refractivity contribution in [2.45, 2.75) is 6.61 Å². The Bertz CT molecular complexity index is 965. The highest BCUT2D eigenvalue weighted by Gasteiger charge is 2.22. The van der Waals surface area contributed by atoms with Crippen LogP contribution >= 0.6 is 27.5 Å². The predicted molar refractivity (Wildman–Crippen MR) is 89.5 cm³/mol. The number of rotatable bonds is 4. The van der Waals surface area contributed by atoms with Crippen LogP contribution in [0.15, 0.2) is 34.9 Å². The Balaban J connectivity index is 2.31. The first-order valence-electron chi connectivity index (χ1n) is 6.78. The van der Waals surface area contributed by atoms with E-state index in [1.165, 1.54) is 36.2 Å². The molecule has 2 heterocycles. The van der Waals surface area contributed by atoms with Gasteiger partial charge >= 0.3 is 12.6 Å². The molecule has 3 rings (SSSR count). The summed E-state index contributed by atoms with van der Waals surface area (Å²) in [5.74, 6) is -0.814. The highest BCUT2D eigenvalue weighted by molar-refractivity contribution is 9.10. The Morgan fingerprint density at radius 3 is 2.80 bits per heavy atom. The van der Waals surface area contributed by atoms with Gasteiger partial charge in [0, 0.05) is 16.7 Å². The zero-order valence-corrected chi connectivity index (χ0v) is 14.9. The van der Waals surface area contributed by atoms with Gasteiger partial charge in [-0.15, -0.1) is 0 Å². The molecule has 0 amide bonds. The van der Waals surface area contributed by atoms with Gasteiger partial charge < -0.3 is 9.47 Å². The highest BCUT2D eigenvalue weighted by Crippen LogP contribution is 2.32. The number of benzene rings is 1. The van der Waals surface area contributed by atoms with E-state index in [4.69, 9.17) is 16.3 Å². The Labute approximate surface area is 153 Å². The summed E-state index contributed by atoms with van der Waals surface area (Å²) >= 11 is 9.20. The fourth-order valence-corrected chi connectivity index (χ4v) is 2.77. The normalized spacial score (nSPS) is 11.1. The third-order valence-corrected chi connectivity index (χ3v) is 3.98. The molecule has 0 spiro atoms. The van der Waals surface area contributed by atoms with Gasteiger partial charge in [-0.3, -0.25) is 0 Å². The third-order valence-electron chi connectivity index (χ3n) is 3.28. The first kappa shape index (κ1) is 17.6. The summed E-state index contributed by atoms with van der Waals surface area (Å²) in [6.45, 7) is -3.02. The molecule has 0 radical (unpaired) electrons. The molecule has 2 aromatic heterocycles. The number of esters is 1. The average molecular weight is 433 g/mol. The molecule has 0 bridgehead atoms. The Morgan fingerprint density at radius 1 is 1.36 bits per heavy atom. The van der Waals surface area contributed by atoms with E-state index >= 15 is 0 Å². The van der Waals surface area contributed by atoms with Gasteiger partial charge in [-0.2, -0.15) is 13.9 Å². The number of pyridine rings is 1. The minimum Gasteiger partial charge on any atom is -0.464 e. The number of nitrogens with zero attached hydrogens (tertiary/aromatic N) is 3. The standard InChI is InChI=1S/C15H9BrClF2N3O3/c1-24-14(23)13-8-6-20-12(17)5-9(8)22(21-13)10-4-7(16)2-3-11(10)25-15(18)19/h2-6,15H,1H3. The average Bonchev–Trinajstić information content (AvgIpc) is 2.94. The van der Waals surface area contributed by atoms with Crippen molar-refractivity contribution in [1.29, 1.82) is 0 Å². The molecule has 0 unspecified atom stereocenters. The number of carbonyl (C=O) groups excluding carboxylic acids is 1. The minimum atomic E-state index is -3.02. The second-order valence-corrected chi connectivity index (χ2v) is 6.07. The van der Waals surface area contributed by atoms with Crippen LogP contribution in [0.25, 0.3) is 16.6 Å². The van der Waals surface area contributed by atoms with Gasteiger partial charge in [0.05, 0.1) is 18.0 Å². The van der Waals surface area contributed by atoms with Crippen LogP contribution < -0.4 is 4.74 Å². The maximum atomic E-state index is 12.7. The second-order valence-electron chi connectivity index (χ2n) is 4.77. The van der Waals surface area contributed by atoms with Crippen LogP contribution in [0.2, 0.25) is 5.15 Å². The van der Waals surface area contributed by atoms with Crippen molar-refractivity contribution in [3.8, 4) is 11.4 Å². The molecule has 3 aromatic rings. The van der Waals surface area contributed by atoms with Crippen molar-refractivity contribution in [2.75, 3.05) is 7.11 Å². The van der Waals surface area contributed by atoms with Crippen molar-refractivity contribution >= 4 is 44.4 Å². The molecule has 130 valence electrons. The van der Waals surface area contributed by atoms with Gasteiger partial charge in [-0.1, -0.05) is 27.5 Å². The van der Waals surface area contributed by atoms with E-state index in [1.54, 1.807) is 6.07 Å². The number of methoxy groups -OCH3 is 1. The number of fused-ring (bicyclic) bond motifs is 1. The molecule has 0 aliphatic carbocycles. The maximum Gasteiger partial charge on any atom is 0.387 e. The van der Waals surface area contributed by atoms with Crippen molar-refractivity contribution in [3.63, 3.8) is 0 Å². The van der Waals surface area contributed by atoms with Crippen LogP contribution in [0.3, 0.4) is 0 Å². The van der Waals surface area contributed by atoms with Crippen molar-refractivity contribution in [2.24, 2.45) is 0 Å². The predicted octanol–water partition coefficient (Wildman–Crippen LogP) is 4.22. The molecule has 0 aliphatic rings. The number of hydrogen-bond donors (Lipinski definition) is 0. The van der Waals surface area contributed by atoms with Gasteiger partial charge in [0.1, 0.15) is 10.8 Å². The number of alkyl halides is 2. The first-order chi connectivity index (χ1) is 11.9. The molecule has 6 nitrogen and oxygen atoms in total. The zero-order chi connectivity index (χ0) is 18.1. The second kappa shape index (κ2) is 6.93. The highest BCUT2D eigenvalue weighted by atomic mass is 79.9. The summed E-state index contributed by atoms with van der Waals surface area (Å²) in [5, 5.41) is 4.69. The van der Waals surface area contributed by atoms with Gasteiger partial charge in [-0.25, -0.2) is 14.5 Å². The van der Waals surface area contributed by atoms with Crippen LogP contribution in [0.5, 0.6) is 5.75 Å². The van der Waals surface area contributed by atoms with E-state index in [0.717, 1.165) is 0 Å². The molecule has 1 aromatic carbocycles. The zero-order valence-electron chi connectivity index (χ0n) is 12.5. The third kappa shape index (κ3) is 3.42. The van der Waals surface area contributed by atoms with Crippen LogP contribution in [0.1, 0.15) is 10.5 Å². The summed E-state index contributed by atoms with van der Waals surface area (Å²) in [6, 6.07) is 5.89. The number of aromatic nitrogens is 3. The molecular formula is C15H9BrClF2N3O3. The first-order valence-corrected chi connectivity index (χ1v) is 7.95. The smallest absolute Gasteiger partial charge is 0.387 e. The summed E-state index contributed by atoms with van der Waals surface area (Å²) in [5.41, 5.74) is 0.555. The van der Waals surface area contributed by atoms with E-state index in [9.17, 15) is 13.6 Å². The number of carbonyl (C=O) groups is 1. The largest absolute Gasteiger partial charge is 0.464 e. The summed E-state index contributed by atoms with van der Waals surface area (Å²) in [4.78, 5) is 15.9. The van der Waals surface area contributed by atoms with Gasteiger partial charge in [0.25, 0.3) is 0 Å². The molecule has 0 atom stereocenters. The van der Waals surface area contributed by atoms with Crippen LogP contribution in [-0.4, -0.2) is 34.5 Å². The molecule has 0 aliphatic heterocycles. The quantitative estimate of drug-likeness (QED) is 0.456. The van der Waals surface area contributed by atoms with E-state index in [0.29, 0.717) is 15.4 Å². The lowest BCUT2D eigenvalue weighted by Crippen LogP contribution is -2.08. The van der Waals surface area contributed by atoms with Crippen LogP contribution in [0.4, 0.5) is 8.78 Å². The molecule has 0 fully saturated rings. The lowest BCUT2D eigenvalue weighted by atomic mass is 10.2. The topological polar surface area (TPSA) is 66.2 Å². The van der Waals surface area contributed by atoms with Gasteiger partial charge in [-0.05, 0) is 18.2 Å². The lowest BCUT2D eigenvalue weighted by molar-refractivity contribution is -0.0499. The molecule has 25 heavy (non-hydrogen) atoms. The lowest BCUT2D eigenvalue weighted by Gasteiger charge is -2.12. The van der Waals surface area contributed by atoms with Crippen molar-refractivity contribution < 1.29 is 23.0 Å². The molecular weight excluding hydrogens is 424 g/mol. The fraction of sp³-hybridized carbons (Fsp3) is 0.133.